The van der Waals surface area contributed by atoms with Crippen LogP contribution in [0.3, 0.4) is 0 Å². The van der Waals surface area contributed by atoms with Gasteiger partial charge in [0.05, 0.1) is 4.88 Å². The van der Waals surface area contributed by atoms with Crippen LogP contribution in [0.25, 0.3) is 10.6 Å². The number of aromatic nitrogens is 2. The van der Waals surface area contributed by atoms with Gasteiger partial charge in [-0.2, -0.15) is 5.10 Å². The number of hydrogen-bond donors (Lipinski definition) is 1. The summed E-state index contributed by atoms with van der Waals surface area (Å²) in [5.74, 6) is -0.902. The molecule has 0 fully saturated rings. The lowest BCUT2D eigenvalue weighted by Crippen LogP contribution is -2.27. The van der Waals surface area contributed by atoms with E-state index in [0.717, 1.165) is 17.0 Å². The SMILES string of the molecule is CCCn1nc(-c2cccs2)cc(CCC(=O)O)c1=O. The van der Waals surface area contributed by atoms with Crippen molar-refractivity contribution in [3.8, 4) is 10.6 Å². The highest BCUT2D eigenvalue weighted by Crippen LogP contribution is 2.22. The molecule has 0 saturated carbocycles. The van der Waals surface area contributed by atoms with Crippen LogP contribution in [-0.4, -0.2) is 20.9 Å². The van der Waals surface area contributed by atoms with Crippen LogP contribution in [-0.2, 0) is 17.8 Å². The van der Waals surface area contributed by atoms with Gasteiger partial charge in [0.25, 0.3) is 5.56 Å². The third kappa shape index (κ3) is 3.33. The zero-order valence-electron chi connectivity index (χ0n) is 11.2. The van der Waals surface area contributed by atoms with Gasteiger partial charge >= 0.3 is 5.97 Å². The predicted molar refractivity (Wildman–Crippen MR) is 78.1 cm³/mol. The lowest BCUT2D eigenvalue weighted by atomic mass is 10.1. The number of nitrogens with zero attached hydrogens (tertiary/aromatic N) is 2. The summed E-state index contributed by atoms with van der Waals surface area (Å²) in [5, 5.41) is 15.1. The fourth-order valence-corrected chi connectivity index (χ4v) is 2.61. The quantitative estimate of drug-likeness (QED) is 0.887. The molecule has 0 spiro atoms. The molecule has 1 N–H and O–H groups in total. The van der Waals surface area contributed by atoms with Gasteiger partial charge in [0.15, 0.2) is 0 Å². The van der Waals surface area contributed by atoms with Crippen LogP contribution in [0.4, 0.5) is 0 Å². The Morgan fingerprint density at radius 1 is 1.50 bits per heavy atom. The molecule has 106 valence electrons. The van der Waals surface area contributed by atoms with Crippen molar-refractivity contribution in [2.24, 2.45) is 0 Å². The average molecular weight is 292 g/mol. The minimum atomic E-state index is -0.902. The Balaban J connectivity index is 2.43. The average Bonchev–Trinajstić information content (AvgIpc) is 2.93. The normalized spacial score (nSPS) is 10.7. The first kappa shape index (κ1) is 14.5. The second-order valence-electron chi connectivity index (χ2n) is 4.45. The molecule has 0 bridgehead atoms. The first-order valence-corrected chi connectivity index (χ1v) is 7.36. The maximum Gasteiger partial charge on any atom is 0.303 e. The third-order valence-corrected chi connectivity index (χ3v) is 3.76. The minimum Gasteiger partial charge on any atom is -0.481 e. The molecule has 0 aliphatic heterocycles. The van der Waals surface area contributed by atoms with Crippen molar-refractivity contribution in [1.29, 1.82) is 0 Å². The fraction of sp³-hybridized carbons (Fsp3) is 0.357. The molecule has 0 amide bonds. The first-order chi connectivity index (χ1) is 9.61. The molecule has 0 aromatic carbocycles. The van der Waals surface area contributed by atoms with Crippen LogP contribution in [0.5, 0.6) is 0 Å². The van der Waals surface area contributed by atoms with Crippen molar-refractivity contribution in [3.05, 3.63) is 39.5 Å². The number of carboxylic acid groups (broad SMARTS) is 1. The maximum atomic E-state index is 12.2. The molecular formula is C14H16N2O3S. The van der Waals surface area contributed by atoms with Gasteiger partial charge in [-0.25, -0.2) is 4.68 Å². The molecule has 2 heterocycles. The topological polar surface area (TPSA) is 72.2 Å². The van der Waals surface area contributed by atoms with E-state index in [1.54, 1.807) is 17.4 Å². The Kier molecular flexibility index (Phi) is 4.68. The Morgan fingerprint density at radius 2 is 2.30 bits per heavy atom. The van der Waals surface area contributed by atoms with E-state index in [9.17, 15) is 9.59 Å². The highest BCUT2D eigenvalue weighted by atomic mass is 32.1. The van der Waals surface area contributed by atoms with E-state index in [2.05, 4.69) is 5.10 Å². The largest absolute Gasteiger partial charge is 0.481 e. The Bertz CT molecular complexity index is 647. The standard InChI is InChI=1S/C14H16N2O3S/c1-2-7-16-14(19)10(5-6-13(17)18)9-11(15-16)12-4-3-8-20-12/h3-4,8-9H,2,5-7H2,1H3,(H,17,18). The summed E-state index contributed by atoms with van der Waals surface area (Å²) in [6, 6.07) is 5.58. The van der Waals surface area contributed by atoms with Gasteiger partial charge in [-0.3, -0.25) is 9.59 Å². The number of thiophene rings is 1. The van der Waals surface area contributed by atoms with Crippen molar-refractivity contribution >= 4 is 17.3 Å². The van der Waals surface area contributed by atoms with Gasteiger partial charge in [-0.1, -0.05) is 13.0 Å². The van der Waals surface area contributed by atoms with Gasteiger partial charge in [0, 0.05) is 18.5 Å². The van der Waals surface area contributed by atoms with Crippen LogP contribution in [0, 0.1) is 0 Å². The summed E-state index contributed by atoms with van der Waals surface area (Å²) in [6.07, 6.45) is 0.993. The number of carbonyl (C=O) groups is 1. The molecule has 0 radical (unpaired) electrons. The molecule has 6 heteroatoms. The highest BCUT2D eigenvalue weighted by molar-refractivity contribution is 7.13. The van der Waals surface area contributed by atoms with Crippen LogP contribution in [0.15, 0.2) is 28.4 Å². The molecule has 2 aromatic rings. The van der Waals surface area contributed by atoms with E-state index in [-0.39, 0.29) is 18.4 Å². The Hall–Kier alpha value is -1.95. The van der Waals surface area contributed by atoms with Crippen molar-refractivity contribution in [2.45, 2.75) is 32.7 Å². The molecule has 0 saturated heterocycles. The summed E-state index contributed by atoms with van der Waals surface area (Å²) >= 11 is 1.55. The number of aryl methyl sites for hydroxylation is 2. The van der Waals surface area contributed by atoms with Gasteiger partial charge < -0.3 is 5.11 Å². The smallest absolute Gasteiger partial charge is 0.303 e. The second kappa shape index (κ2) is 6.47. The molecule has 20 heavy (non-hydrogen) atoms. The Labute approximate surface area is 120 Å². The summed E-state index contributed by atoms with van der Waals surface area (Å²) in [7, 11) is 0. The van der Waals surface area contributed by atoms with Crippen LogP contribution < -0.4 is 5.56 Å². The van der Waals surface area contributed by atoms with Gasteiger partial charge in [-0.15, -0.1) is 11.3 Å². The van der Waals surface area contributed by atoms with Crippen LogP contribution >= 0.6 is 11.3 Å². The second-order valence-corrected chi connectivity index (χ2v) is 5.40. The molecule has 0 aliphatic rings. The van der Waals surface area contributed by atoms with E-state index in [1.807, 2.05) is 24.4 Å². The maximum absolute atomic E-state index is 12.2. The predicted octanol–water partition coefficient (Wildman–Crippen LogP) is 2.40. The molecule has 5 nitrogen and oxygen atoms in total. The zero-order valence-corrected chi connectivity index (χ0v) is 12.0. The lowest BCUT2D eigenvalue weighted by molar-refractivity contribution is -0.136. The summed E-state index contributed by atoms with van der Waals surface area (Å²) < 4.78 is 1.44. The number of hydrogen-bond acceptors (Lipinski definition) is 4. The van der Waals surface area contributed by atoms with Gasteiger partial charge in [-0.05, 0) is 30.4 Å². The summed E-state index contributed by atoms with van der Waals surface area (Å²) in [4.78, 5) is 23.9. The minimum absolute atomic E-state index is 0.0464. The molecule has 2 aromatic heterocycles. The monoisotopic (exact) mass is 292 g/mol. The molecule has 2 rings (SSSR count). The first-order valence-electron chi connectivity index (χ1n) is 6.48. The Morgan fingerprint density at radius 3 is 2.90 bits per heavy atom. The fourth-order valence-electron chi connectivity index (χ4n) is 1.93. The molecule has 0 aliphatic carbocycles. The van der Waals surface area contributed by atoms with E-state index >= 15 is 0 Å². The van der Waals surface area contributed by atoms with Gasteiger partial charge in [0.1, 0.15) is 5.69 Å². The third-order valence-electron chi connectivity index (χ3n) is 2.87. The van der Waals surface area contributed by atoms with Crippen molar-refractivity contribution in [3.63, 3.8) is 0 Å². The molecule has 0 unspecified atom stereocenters. The number of carboxylic acids is 1. The van der Waals surface area contributed by atoms with E-state index in [4.69, 9.17) is 5.11 Å². The summed E-state index contributed by atoms with van der Waals surface area (Å²) in [6.45, 7) is 2.51. The van der Waals surface area contributed by atoms with Crippen LogP contribution in [0.2, 0.25) is 0 Å². The van der Waals surface area contributed by atoms with E-state index in [1.165, 1.54) is 4.68 Å². The van der Waals surface area contributed by atoms with Crippen molar-refractivity contribution < 1.29 is 9.90 Å². The molecule has 0 atom stereocenters. The van der Waals surface area contributed by atoms with E-state index < -0.39 is 5.97 Å². The van der Waals surface area contributed by atoms with Crippen LogP contribution in [0.1, 0.15) is 25.3 Å². The van der Waals surface area contributed by atoms with Crippen molar-refractivity contribution in [2.75, 3.05) is 0 Å². The number of aliphatic carboxylic acids is 1. The molecular weight excluding hydrogens is 276 g/mol. The highest BCUT2D eigenvalue weighted by Gasteiger charge is 2.11. The number of rotatable bonds is 6. The van der Waals surface area contributed by atoms with E-state index in [0.29, 0.717) is 12.1 Å². The van der Waals surface area contributed by atoms with Gasteiger partial charge in [0.2, 0.25) is 0 Å². The summed E-state index contributed by atoms with van der Waals surface area (Å²) in [5.41, 5.74) is 1.06. The van der Waals surface area contributed by atoms with Crippen molar-refractivity contribution in [1.82, 2.24) is 9.78 Å². The lowest BCUT2D eigenvalue weighted by Gasteiger charge is -2.08. The zero-order chi connectivity index (χ0) is 14.5.